The number of hydrogen-bond acceptors (Lipinski definition) is 4. The van der Waals surface area contributed by atoms with Crippen LogP contribution >= 0.6 is 0 Å². The van der Waals surface area contributed by atoms with E-state index >= 15 is 0 Å². The maximum atomic E-state index is 12.0. The van der Waals surface area contributed by atoms with Gasteiger partial charge in [-0.05, 0) is 31.5 Å². The number of hydrogen-bond donors (Lipinski definition) is 2. The number of pyridine rings is 1. The molecule has 0 saturated carbocycles. The number of amides is 1. The zero-order valence-electron chi connectivity index (χ0n) is 10.7. The van der Waals surface area contributed by atoms with Gasteiger partial charge in [-0.15, -0.1) is 10.2 Å². The number of nitrogens with one attached hydrogen (secondary N) is 2. The van der Waals surface area contributed by atoms with Gasteiger partial charge in [0.05, 0.1) is 12.6 Å². The first-order valence-corrected chi connectivity index (χ1v) is 6.64. The highest BCUT2D eigenvalue weighted by Crippen LogP contribution is 2.07. The Morgan fingerprint density at radius 2 is 2.37 bits per heavy atom. The van der Waals surface area contributed by atoms with Gasteiger partial charge >= 0.3 is 0 Å². The summed E-state index contributed by atoms with van der Waals surface area (Å²) in [6.45, 7) is 1.33. The molecule has 0 aromatic carbocycles. The molecule has 1 saturated heterocycles. The lowest BCUT2D eigenvalue weighted by Gasteiger charge is -2.22. The van der Waals surface area contributed by atoms with Crippen molar-refractivity contribution in [3.63, 3.8) is 0 Å². The summed E-state index contributed by atoms with van der Waals surface area (Å²) in [6, 6.07) is 5.66. The Hall–Kier alpha value is -1.95. The molecular formula is C13H17N5O. The Labute approximate surface area is 111 Å². The largest absolute Gasteiger partial charge is 0.347 e. The summed E-state index contributed by atoms with van der Waals surface area (Å²) < 4.78 is 1.88. The van der Waals surface area contributed by atoms with E-state index < -0.39 is 0 Å². The molecule has 3 rings (SSSR count). The highest BCUT2D eigenvalue weighted by molar-refractivity contribution is 5.81. The van der Waals surface area contributed by atoms with Crippen LogP contribution in [0.3, 0.4) is 0 Å². The molecule has 2 aromatic rings. The molecule has 3 heterocycles. The van der Waals surface area contributed by atoms with Gasteiger partial charge in [-0.3, -0.25) is 9.20 Å². The van der Waals surface area contributed by atoms with E-state index in [-0.39, 0.29) is 11.9 Å². The van der Waals surface area contributed by atoms with Crippen LogP contribution in [0.15, 0.2) is 24.4 Å². The molecule has 6 heteroatoms. The zero-order chi connectivity index (χ0) is 13.1. The van der Waals surface area contributed by atoms with E-state index in [2.05, 4.69) is 20.8 Å². The maximum Gasteiger partial charge on any atom is 0.237 e. The molecule has 1 aliphatic heterocycles. The monoisotopic (exact) mass is 259 g/mol. The van der Waals surface area contributed by atoms with E-state index in [9.17, 15) is 4.79 Å². The summed E-state index contributed by atoms with van der Waals surface area (Å²) in [5.74, 6) is 0.798. The Balaban J connectivity index is 1.64. The SMILES string of the molecule is O=C(NCc1nnc2ccccn12)[C@H]1CCCCN1. The lowest BCUT2D eigenvalue weighted by Crippen LogP contribution is -2.46. The summed E-state index contributed by atoms with van der Waals surface area (Å²) in [4.78, 5) is 12.0. The Bertz CT molecular complexity index is 573. The van der Waals surface area contributed by atoms with Crippen LogP contribution in [0, 0.1) is 0 Å². The smallest absolute Gasteiger partial charge is 0.237 e. The first-order valence-electron chi connectivity index (χ1n) is 6.64. The Morgan fingerprint density at radius 1 is 1.42 bits per heavy atom. The molecule has 1 aliphatic rings. The quantitative estimate of drug-likeness (QED) is 0.841. The molecule has 100 valence electrons. The minimum atomic E-state index is -0.0621. The minimum absolute atomic E-state index is 0.0485. The van der Waals surface area contributed by atoms with E-state index in [0.717, 1.165) is 37.3 Å². The van der Waals surface area contributed by atoms with Crippen LogP contribution in [0.25, 0.3) is 5.65 Å². The van der Waals surface area contributed by atoms with Crippen LogP contribution in [-0.2, 0) is 11.3 Å². The first-order chi connectivity index (χ1) is 9.34. The molecule has 0 aliphatic carbocycles. The highest BCUT2D eigenvalue weighted by Gasteiger charge is 2.20. The van der Waals surface area contributed by atoms with Crippen molar-refractivity contribution in [1.29, 1.82) is 0 Å². The van der Waals surface area contributed by atoms with Crippen molar-refractivity contribution in [2.45, 2.75) is 31.8 Å². The third-order valence-electron chi connectivity index (χ3n) is 3.43. The lowest BCUT2D eigenvalue weighted by atomic mass is 10.0. The maximum absolute atomic E-state index is 12.0. The molecule has 0 spiro atoms. The average Bonchev–Trinajstić information content (AvgIpc) is 2.89. The van der Waals surface area contributed by atoms with Gasteiger partial charge in [-0.1, -0.05) is 12.5 Å². The fourth-order valence-corrected chi connectivity index (χ4v) is 2.38. The third kappa shape index (κ3) is 2.58. The second-order valence-electron chi connectivity index (χ2n) is 4.77. The number of nitrogens with zero attached hydrogens (tertiary/aromatic N) is 3. The summed E-state index contributed by atoms with van der Waals surface area (Å²) in [7, 11) is 0. The molecule has 6 nitrogen and oxygen atoms in total. The average molecular weight is 259 g/mol. The van der Waals surface area contributed by atoms with E-state index in [4.69, 9.17) is 0 Å². The van der Waals surface area contributed by atoms with Crippen LogP contribution < -0.4 is 10.6 Å². The summed E-state index contributed by atoms with van der Waals surface area (Å²) in [5.41, 5.74) is 0.794. The van der Waals surface area contributed by atoms with Crippen LogP contribution in [-0.4, -0.2) is 33.1 Å². The number of piperidine rings is 1. The van der Waals surface area contributed by atoms with Crippen LogP contribution in [0.2, 0.25) is 0 Å². The van der Waals surface area contributed by atoms with Gasteiger partial charge in [0.1, 0.15) is 0 Å². The number of carbonyl (C=O) groups excluding carboxylic acids is 1. The number of fused-ring (bicyclic) bond motifs is 1. The lowest BCUT2D eigenvalue weighted by molar-refractivity contribution is -0.123. The van der Waals surface area contributed by atoms with Crippen LogP contribution in [0.4, 0.5) is 0 Å². The normalized spacial score (nSPS) is 19.5. The molecule has 0 unspecified atom stereocenters. The van der Waals surface area contributed by atoms with Gasteiger partial charge in [0.2, 0.25) is 5.91 Å². The second kappa shape index (κ2) is 5.36. The standard InChI is InChI=1S/C13H17N5O/c19-13(10-5-1-3-7-14-10)15-9-12-17-16-11-6-2-4-8-18(11)12/h2,4,6,8,10,14H,1,3,5,7,9H2,(H,15,19)/t10-/m1/s1. The van der Waals surface area contributed by atoms with E-state index in [1.165, 1.54) is 0 Å². The van der Waals surface area contributed by atoms with Crippen molar-refractivity contribution in [3.8, 4) is 0 Å². The van der Waals surface area contributed by atoms with Crippen LogP contribution in [0.5, 0.6) is 0 Å². The highest BCUT2D eigenvalue weighted by atomic mass is 16.2. The van der Waals surface area contributed by atoms with Gasteiger partial charge < -0.3 is 10.6 Å². The van der Waals surface area contributed by atoms with Crippen molar-refractivity contribution < 1.29 is 4.79 Å². The summed E-state index contributed by atoms with van der Waals surface area (Å²) in [5, 5.41) is 14.3. The third-order valence-corrected chi connectivity index (χ3v) is 3.43. The zero-order valence-corrected chi connectivity index (χ0v) is 10.7. The van der Waals surface area contributed by atoms with Gasteiger partial charge in [0.25, 0.3) is 0 Å². The van der Waals surface area contributed by atoms with E-state index in [0.29, 0.717) is 6.54 Å². The van der Waals surface area contributed by atoms with Gasteiger partial charge in [-0.2, -0.15) is 0 Å². The molecule has 2 aromatic heterocycles. The van der Waals surface area contributed by atoms with Crippen molar-refractivity contribution in [3.05, 3.63) is 30.2 Å². The van der Waals surface area contributed by atoms with Gasteiger partial charge in [0.15, 0.2) is 11.5 Å². The molecule has 1 fully saturated rings. The fraction of sp³-hybridized carbons (Fsp3) is 0.462. The molecule has 1 amide bonds. The molecular weight excluding hydrogens is 242 g/mol. The first kappa shape index (κ1) is 12.1. The molecule has 0 bridgehead atoms. The van der Waals surface area contributed by atoms with Gasteiger partial charge in [0, 0.05) is 6.20 Å². The minimum Gasteiger partial charge on any atom is -0.347 e. The topological polar surface area (TPSA) is 71.3 Å². The van der Waals surface area contributed by atoms with Crippen molar-refractivity contribution in [2.24, 2.45) is 0 Å². The number of aromatic nitrogens is 3. The van der Waals surface area contributed by atoms with Crippen molar-refractivity contribution >= 4 is 11.6 Å². The number of rotatable bonds is 3. The van der Waals surface area contributed by atoms with E-state index in [1.807, 2.05) is 28.8 Å². The summed E-state index contributed by atoms with van der Waals surface area (Å²) >= 11 is 0. The second-order valence-corrected chi connectivity index (χ2v) is 4.77. The predicted molar refractivity (Wildman–Crippen MR) is 70.5 cm³/mol. The Kier molecular flexibility index (Phi) is 3.41. The summed E-state index contributed by atoms with van der Waals surface area (Å²) in [6.07, 6.45) is 5.07. The fourth-order valence-electron chi connectivity index (χ4n) is 2.38. The predicted octanol–water partition coefficient (Wildman–Crippen LogP) is 0.488. The van der Waals surface area contributed by atoms with Crippen LogP contribution in [0.1, 0.15) is 25.1 Å². The van der Waals surface area contributed by atoms with Crippen molar-refractivity contribution in [2.75, 3.05) is 6.54 Å². The van der Waals surface area contributed by atoms with Crippen molar-refractivity contribution in [1.82, 2.24) is 25.2 Å². The molecule has 2 N–H and O–H groups in total. The van der Waals surface area contributed by atoms with Gasteiger partial charge in [-0.25, -0.2) is 0 Å². The number of carbonyl (C=O) groups is 1. The van der Waals surface area contributed by atoms with E-state index in [1.54, 1.807) is 0 Å². The molecule has 1 atom stereocenters. The molecule has 19 heavy (non-hydrogen) atoms. The Morgan fingerprint density at radius 3 is 3.21 bits per heavy atom. The molecule has 0 radical (unpaired) electrons.